The average molecular weight is 227 g/mol. The molecule has 3 atom stereocenters. The van der Waals surface area contributed by atoms with Crippen molar-refractivity contribution in [2.45, 2.75) is 44.8 Å². The maximum Gasteiger partial charge on any atom is 0.254 e. The molecule has 3 unspecified atom stereocenters. The molecule has 2 aliphatic rings. The van der Waals surface area contributed by atoms with E-state index >= 15 is 0 Å². The molecule has 2 fully saturated rings. The average Bonchev–Trinajstić information content (AvgIpc) is 2.85. The Kier molecular flexibility index (Phi) is 3.22. The normalized spacial score (nSPS) is 36.7. The molecule has 1 N–H and O–H groups in total. The van der Waals surface area contributed by atoms with Crippen LogP contribution in [0, 0.1) is 5.92 Å². The lowest BCUT2D eigenvalue weighted by atomic mass is 10.0. The van der Waals surface area contributed by atoms with E-state index in [0.717, 1.165) is 25.8 Å². The molecule has 0 bridgehead atoms. The second kappa shape index (κ2) is 4.34. The third-order valence-corrected chi connectivity index (χ3v) is 3.87. The first-order valence-corrected chi connectivity index (χ1v) is 6.14. The predicted molar refractivity (Wildman–Crippen MR) is 60.0 cm³/mol. The highest BCUT2D eigenvalue weighted by molar-refractivity contribution is 5.85. The minimum absolute atomic E-state index is 0.105. The van der Waals surface area contributed by atoms with E-state index in [0.29, 0.717) is 13.2 Å². The zero-order valence-corrected chi connectivity index (χ0v) is 10.1. The molecule has 0 aromatic heterocycles. The fraction of sp³-hybridized carbons (Fsp3) is 0.917. The Bertz CT molecular complexity index is 271. The minimum Gasteiger partial charge on any atom is -0.393 e. The van der Waals surface area contributed by atoms with Gasteiger partial charge in [-0.1, -0.05) is 0 Å². The minimum atomic E-state index is -0.604. The maximum atomic E-state index is 12.3. The molecule has 0 radical (unpaired) electrons. The monoisotopic (exact) mass is 227 g/mol. The van der Waals surface area contributed by atoms with Gasteiger partial charge in [-0.3, -0.25) is 4.79 Å². The molecule has 2 rings (SSSR count). The van der Waals surface area contributed by atoms with Crippen molar-refractivity contribution in [1.82, 2.24) is 4.90 Å². The van der Waals surface area contributed by atoms with Crippen LogP contribution >= 0.6 is 0 Å². The van der Waals surface area contributed by atoms with Crippen LogP contribution in [0.25, 0.3) is 0 Å². The lowest BCUT2D eigenvalue weighted by Crippen LogP contribution is -2.46. The molecule has 2 saturated heterocycles. The van der Waals surface area contributed by atoms with Crippen LogP contribution in [-0.4, -0.2) is 47.3 Å². The Labute approximate surface area is 96.6 Å². The Hall–Kier alpha value is -0.610. The van der Waals surface area contributed by atoms with Crippen LogP contribution in [0.1, 0.15) is 33.1 Å². The molecule has 0 aromatic rings. The highest BCUT2D eigenvalue weighted by Gasteiger charge is 2.42. The molecule has 0 saturated carbocycles. The van der Waals surface area contributed by atoms with Crippen LogP contribution < -0.4 is 0 Å². The first-order valence-electron chi connectivity index (χ1n) is 6.14. The van der Waals surface area contributed by atoms with E-state index in [1.165, 1.54) is 0 Å². The first-order chi connectivity index (χ1) is 7.53. The largest absolute Gasteiger partial charge is 0.393 e. The van der Waals surface area contributed by atoms with Gasteiger partial charge in [0.2, 0.25) is 0 Å². The third kappa shape index (κ3) is 2.09. The molecule has 1 amide bonds. The van der Waals surface area contributed by atoms with Crippen molar-refractivity contribution in [2.24, 2.45) is 5.92 Å². The SMILES string of the molecule is CC(O)C1CCN(C(=O)C2(C)CCCO2)C1. The van der Waals surface area contributed by atoms with Gasteiger partial charge in [-0.2, -0.15) is 0 Å². The summed E-state index contributed by atoms with van der Waals surface area (Å²) in [6.45, 7) is 5.81. The van der Waals surface area contributed by atoms with Gasteiger partial charge in [-0.05, 0) is 33.1 Å². The predicted octanol–water partition coefficient (Wildman–Crippen LogP) is 0.785. The zero-order chi connectivity index (χ0) is 11.8. The van der Waals surface area contributed by atoms with Crippen molar-refractivity contribution in [1.29, 1.82) is 0 Å². The van der Waals surface area contributed by atoms with Crippen LogP contribution in [0.4, 0.5) is 0 Å². The molecule has 4 nitrogen and oxygen atoms in total. The summed E-state index contributed by atoms with van der Waals surface area (Å²) in [4.78, 5) is 14.1. The van der Waals surface area contributed by atoms with E-state index in [9.17, 15) is 9.90 Å². The molecule has 0 spiro atoms. The van der Waals surface area contributed by atoms with Gasteiger partial charge in [-0.25, -0.2) is 0 Å². The number of amides is 1. The van der Waals surface area contributed by atoms with Crippen LogP contribution in [0.15, 0.2) is 0 Å². The quantitative estimate of drug-likeness (QED) is 0.758. The number of nitrogens with zero attached hydrogens (tertiary/aromatic N) is 1. The fourth-order valence-corrected chi connectivity index (χ4v) is 2.65. The number of carbonyl (C=O) groups is 1. The topological polar surface area (TPSA) is 49.8 Å². The van der Waals surface area contributed by atoms with E-state index in [2.05, 4.69) is 0 Å². The molecular weight excluding hydrogens is 206 g/mol. The number of hydrogen-bond acceptors (Lipinski definition) is 3. The van der Waals surface area contributed by atoms with Gasteiger partial charge < -0.3 is 14.7 Å². The second-order valence-electron chi connectivity index (χ2n) is 5.22. The number of carbonyl (C=O) groups excluding carboxylic acids is 1. The Balaban J connectivity index is 1.96. The number of ether oxygens (including phenoxy) is 1. The Morgan fingerprint density at radius 3 is 2.88 bits per heavy atom. The fourth-order valence-electron chi connectivity index (χ4n) is 2.65. The van der Waals surface area contributed by atoms with Crippen molar-refractivity contribution in [3.05, 3.63) is 0 Å². The summed E-state index contributed by atoms with van der Waals surface area (Å²) in [5.41, 5.74) is -0.604. The smallest absolute Gasteiger partial charge is 0.254 e. The summed E-state index contributed by atoms with van der Waals surface area (Å²) < 4.78 is 5.56. The van der Waals surface area contributed by atoms with E-state index in [1.54, 1.807) is 6.92 Å². The molecule has 2 aliphatic heterocycles. The van der Waals surface area contributed by atoms with E-state index < -0.39 is 5.60 Å². The summed E-state index contributed by atoms with van der Waals surface area (Å²) >= 11 is 0. The highest BCUT2D eigenvalue weighted by atomic mass is 16.5. The summed E-state index contributed by atoms with van der Waals surface area (Å²) in [6, 6.07) is 0. The van der Waals surface area contributed by atoms with Crippen LogP contribution in [0.3, 0.4) is 0 Å². The van der Waals surface area contributed by atoms with Gasteiger partial charge in [0.05, 0.1) is 6.10 Å². The summed E-state index contributed by atoms with van der Waals surface area (Å²) in [7, 11) is 0. The molecule has 92 valence electrons. The van der Waals surface area contributed by atoms with Gasteiger partial charge >= 0.3 is 0 Å². The Morgan fingerprint density at radius 2 is 2.38 bits per heavy atom. The number of aliphatic hydroxyl groups is 1. The van der Waals surface area contributed by atoms with Gasteiger partial charge in [-0.15, -0.1) is 0 Å². The summed E-state index contributed by atoms with van der Waals surface area (Å²) in [5.74, 6) is 0.335. The van der Waals surface area contributed by atoms with Gasteiger partial charge in [0.25, 0.3) is 5.91 Å². The number of aliphatic hydroxyl groups excluding tert-OH is 1. The molecule has 0 aliphatic carbocycles. The van der Waals surface area contributed by atoms with Gasteiger partial charge in [0.1, 0.15) is 5.60 Å². The van der Waals surface area contributed by atoms with E-state index in [4.69, 9.17) is 4.74 Å². The maximum absolute atomic E-state index is 12.3. The highest BCUT2D eigenvalue weighted by Crippen LogP contribution is 2.30. The first kappa shape index (κ1) is 11.9. The van der Waals surface area contributed by atoms with Crippen molar-refractivity contribution >= 4 is 5.91 Å². The number of likely N-dealkylation sites (tertiary alicyclic amines) is 1. The van der Waals surface area contributed by atoms with Crippen LogP contribution in [0.5, 0.6) is 0 Å². The summed E-state index contributed by atoms with van der Waals surface area (Å²) in [5, 5.41) is 9.51. The molecule has 4 heteroatoms. The zero-order valence-electron chi connectivity index (χ0n) is 10.1. The van der Waals surface area contributed by atoms with E-state index in [-0.39, 0.29) is 17.9 Å². The second-order valence-corrected chi connectivity index (χ2v) is 5.22. The standard InChI is InChI=1S/C12H21NO3/c1-9(14)10-4-6-13(8-10)11(15)12(2)5-3-7-16-12/h9-10,14H,3-8H2,1-2H3. The lowest BCUT2D eigenvalue weighted by Gasteiger charge is -2.28. The molecule has 2 heterocycles. The van der Waals surface area contributed by atoms with Gasteiger partial charge in [0.15, 0.2) is 0 Å². The Morgan fingerprint density at radius 1 is 1.62 bits per heavy atom. The van der Waals surface area contributed by atoms with Gasteiger partial charge in [0, 0.05) is 25.6 Å². The van der Waals surface area contributed by atoms with E-state index in [1.807, 2.05) is 11.8 Å². The van der Waals surface area contributed by atoms with Crippen LogP contribution in [0.2, 0.25) is 0 Å². The van der Waals surface area contributed by atoms with Crippen molar-refractivity contribution in [3.63, 3.8) is 0 Å². The van der Waals surface area contributed by atoms with Crippen molar-refractivity contribution < 1.29 is 14.6 Å². The molecule has 16 heavy (non-hydrogen) atoms. The molecular formula is C12H21NO3. The summed E-state index contributed by atoms with van der Waals surface area (Å²) in [6.07, 6.45) is 2.37. The lowest BCUT2D eigenvalue weighted by molar-refractivity contribution is -0.150. The third-order valence-electron chi connectivity index (χ3n) is 3.87. The number of rotatable bonds is 2. The van der Waals surface area contributed by atoms with Crippen LogP contribution in [-0.2, 0) is 9.53 Å². The molecule has 0 aromatic carbocycles. The van der Waals surface area contributed by atoms with Crippen molar-refractivity contribution in [3.8, 4) is 0 Å². The number of hydrogen-bond donors (Lipinski definition) is 1. The van der Waals surface area contributed by atoms with Crippen molar-refractivity contribution in [2.75, 3.05) is 19.7 Å².